The van der Waals surface area contributed by atoms with Gasteiger partial charge in [0, 0.05) is 5.92 Å². The molecule has 0 saturated heterocycles. The van der Waals surface area contributed by atoms with Crippen LogP contribution in [0.15, 0.2) is 10.8 Å². The second-order valence-electron chi connectivity index (χ2n) is 4.65. The molecule has 0 bridgehead atoms. The summed E-state index contributed by atoms with van der Waals surface area (Å²) in [6.45, 7) is 1.90. The van der Waals surface area contributed by atoms with E-state index in [4.69, 9.17) is 4.42 Å². The Hall–Kier alpha value is -1.65. The predicted octanol–water partition coefficient (Wildman–Crippen LogP) is 2.82. The lowest BCUT2D eigenvalue weighted by Crippen LogP contribution is -2.06. The second-order valence-corrected chi connectivity index (χ2v) is 4.65. The van der Waals surface area contributed by atoms with E-state index >= 15 is 0 Å². The molecule has 1 fully saturated rings. The lowest BCUT2D eigenvalue weighted by atomic mass is 9.89. The minimum absolute atomic E-state index is 0.535. The summed E-state index contributed by atoms with van der Waals surface area (Å²) < 4.78 is 5.29. The molecule has 1 aliphatic rings. The molecule has 5 heteroatoms. The van der Waals surface area contributed by atoms with Crippen LogP contribution in [0, 0.1) is 6.92 Å². The Bertz CT molecular complexity index is 496. The van der Waals surface area contributed by atoms with Gasteiger partial charge in [-0.05, 0) is 19.8 Å². The number of oxazole rings is 1. The molecule has 1 aliphatic carbocycles. The maximum Gasteiger partial charge on any atom is 0.218 e. The van der Waals surface area contributed by atoms with Gasteiger partial charge >= 0.3 is 0 Å². The van der Waals surface area contributed by atoms with Crippen LogP contribution in [0.5, 0.6) is 0 Å². The molecular weight excluding hydrogens is 216 g/mol. The topological polar surface area (TPSA) is 67.6 Å². The number of rotatable bonds is 2. The minimum atomic E-state index is 0.535. The van der Waals surface area contributed by atoms with Crippen LogP contribution in [-0.2, 0) is 0 Å². The van der Waals surface area contributed by atoms with Gasteiger partial charge in [-0.25, -0.2) is 9.97 Å². The first-order chi connectivity index (χ1) is 8.34. The smallest absolute Gasteiger partial charge is 0.218 e. The van der Waals surface area contributed by atoms with Gasteiger partial charge in [-0.3, -0.25) is 5.10 Å². The number of aromatic nitrogens is 4. The van der Waals surface area contributed by atoms with Gasteiger partial charge in [0.15, 0.2) is 12.2 Å². The van der Waals surface area contributed by atoms with Crippen molar-refractivity contribution in [2.45, 2.75) is 44.9 Å². The normalized spacial score (nSPS) is 17.5. The van der Waals surface area contributed by atoms with Crippen LogP contribution in [0.4, 0.5) is 0 Å². The van der Waals surface area contributed by atoms with Crippen LogP contribution in [0.3, 0.4) is 0 Å². The van der Waals surface area contributed by atoms with Gasteiger partial charge in [-0.15, -0.1) is 5.10 Å². The summed E-state index contributed by atoms with van der Waals surface area (Å²) in [5, 5.41) is 7.27. The molecule has 0 amide bonds. The van der Waals surface area contributed by atoms with Crippen molar-refractivity contribution >= 4 is 0 Å². The Kier molecular flexibility index (Phi) is 2.66. The summed E-state index contributed by atoms with van der Waals surface area (Å²) in [6.07, 6.45) is 7.79. The van der Waals surface area contributed by atoms with E-state index in [0.717, 1.165) is 11.5 Å². The summed E-state index contributed by atoms with van der Waals surface area (Å²) in [5.41, 5.74) is 0.833. The van der Waals surface area contributed by atoms with E-state index in [9.17, 15) is 0 Å². The minimum Gasteiger partial charge on any atom is -0.440 e. The zero-order valence-corrected chi connectivity index (χ0v) is 9.94. The van der Waals surface area contributed by atoms with E-state index in [1.807, 2.05) is 6.92 Å². The quantitative estimate of drug-likeness (QED) is 0.864. The van der Waals surface area contributed by atoms with E-state index in [1.165, 1.54) is 38.5 Å². The van der Waals surface area contributed by atoms with Crippen molar-refractivity contribution in [1.29, 1.82) is 0 Å². The molecule has 3 rings (SSSR count). The number of hydrogen-bond acceptors (Lipinski definition) is 4. The zero-order valence-electron chi connectivity index (χ0n) is 9.94. The number of hydrogen-bond donors (Lipinski definition) is 1. The number of nitrogens with zero attached hydrogens (tertiary/aromatic N) is 3. The Morgan fingerprint density at radius 1 is 1.29 bits per heavy atom. The fourth-order valence-electron chi connectivity index (χ4n) is 2.45. The third-order valence-corrected chi connectivity index (χ3v) is 3.44. The predicted molar refractivity (Wildman–Crippen MR) is 62.4 cm³/mol. The van der Waals surface area contributed by atoms with Gasteiger partial charge in [-0.1, -0.05) is 19.3 Å². The second kappa shape index (κ2) is 4.31. The van der Waals surface area contributed by atoms with Gasteiger partial charge in [0.05, 0.1) is 5.69 Å². The molecule has 1 saturated carbocycles. The fraction of sp³-hybridized carbons (Fsp3) is 0.583. The maximum absolute atomic E-state index is 5.29. The third kappa shape index (κ3) is 1.97. The van der Waals surface area contributed by atoms with Gasteiger partial charge in [0.25, 0.3) is 0 Å². The summed E-state index contributed by atoms with van der Waals surface area (Å²) in [5.74, 6) is 2.83. The van der Waals surface area contributed by atoms with Gasteiger partial charge in [0.1, 0.15) is 5.82 Å². The number of nitrogens with one attached hydrogen (secondary N) is 1. The molecule has 0 spiro atoms. The lowest BCUT2D eigenvalue weighted by molar-refractivity contribution is 0.429. The van der Waals surface area contributed by atoms with Crippen molar-refractivity contribution in [3.63, 3.8) is 0 Å². The van der Waals surface area contributed by atoms with E-state index in [-0.39, 0.29) is 0 Å². The lowest BCUT2D eigenvalue weighted by Gasteiger charge is -2.18. The number of aromatic amines is 1. The number of aryl methyl sites for hydroxylation is 1. The van der Waals surface area contributed by atoms with E-state index in [1.54, 1.807) is 0 Å². The standard InChI is InChI=1S/C12H16N4O/c1-8-10(17-7-13-8)12-14-11(15-16-12)9-5-3-2-4-6-9/h7,9H,2-6H2,1H3,(H,14,15,16). The Morgan fingerprint density at radius 2 is 2.12 bits per heavy atom. The summed E-state index contributed by atoms with van der Waals surface area (Å²) >= 11 is 0. The highest BCUT2D eigenvalue weighted by Crippen LogP contribution is 2.31. The average Bonchev–Trinajstić information content (AvgIpc) is 2.98. The van der Waals surface area contributed by atoms with Crippen molar-refractivity contribution in [2.24, 2.45) is 0 Å². The van der Waals surface area contributed by atoms with Gasteiger partial charge in [-0.2, -0.15) is 0 Å². The van der Waals surface area contributed by atoms with Crippen LogP contribution < -0.4 is 0 Å². The summed E-state index contributed by atoms with van der Waals surface area (Å²) in [7, 11) is 0. The molecule has 0 aromatic carbocycles. The molecule has 17 heavy (non-hydrogen) atoms. The summed E-state index contributed by atoms with van der Waals surface area (Å²) in [4.78, 5) is 8.59. The monoisotopic (exact) mass is 232 g/mol. The molecule has 0 unspecified atom stereocenters. The fourth-order valence-corrected chi connectivity index (χ4v) is 2.45. The molecule has 0 atom stereocenters. The first-order valence-electron chi connectivity index (χ1n) is 6.17. The molecule has 90 valence electrons. The van der Waals surface area contributed by atoms with E-state index in [0.29, 0.717) is 17.5 Å². The molecule has 2 aromatic heterocycles. The highest BCUT2D eigenvalue weighted by molar-refractivity contribution is 5.48. The van der Waals surface area contributed by atoms with Crippen molar-refractivity contribution in [3.05, 3.63) is 17.9 Å². The van der Waals surface area contributed by atoms with Gasteiger partial charge < -0.3 is 4.42 Å². The molecular formula is C12H16N4O. The van der Waals surface area contributed by atoms with Crippen LogP contribution >= 0.6 is 0 Å². The van der Waals surface area contributed by atoms with Crippen molar-refractivity contribution in [1.82, 2.24) is 20.2 Å². The molecule has 2 aromatic rings. The van der Waals surface area contributed by atoms with Crippen LogP contribution in [0.1, 0.15) is 49.5 Å². The molecule has 0 radical (unpaired) electrons. The van der Waals surface area contributed by atoms with Crippen molar-refractivity contribution < 1.29 is 4.42 Å². The SMILES string of the molecule is Cc1ncoc1-c1n[nH]c(C2CCCCC2)n1. The van der Waals surface area contributed by atoms with E-state index in [2.05, 4.69) is 20.2 Å². The molecule has 2 heterocycles. The van der Waals surface area contributed by atoms with Crippen LogP contribution in [0.25, 0.3) is 11.6 Å². The average molecular weight is 232 g/mol. The highest BCUT2D eigenvalue weighted by Gasteiger charge is 2.20. The van der Waals surface area contributed by atoms with Crippen LogP contribution in [0.2, 0.25) is 0 Å². The Labute approximate surface area is 99.7 Å². The molecule has 0 aliphatic heterocycles. The first-order valence-corrected chi connectivity index (χ1v) is 6.17. The van der Waals surface area contributed by atoms with Crippen molar-refractivity contribution in [3.8, 4) is 11.6 Å². The van der Waals surface area contributed by atoms with Gasteiger partial charge in [0.2, 0.25) is 5.82 Å². The Morgan fingerprint density at radius 3 is 2.82 bits per heavy atom. The highest BCUT2D eigenvalue weighted by atomic mass is 16.3. The third-order valence-electron chi connectivity index (χ3n) is 3.44. The molecule has 1 N–H and O–H groups in total. The summed E-state index contributed by atoms with van der Waals surface area (Å²) in [6, 6.07) is 0. The van der Waals surface area contributed by atoms with Crippen LogP contribution in [-0.4, -0.2) is 20.2 Å². The van der Waals surface area contributed by atoms with E-state index < -0.39 is 0 Å². The first kappa shape index (κ1) is 10.5. The molecule has 5 nitrogen and oxygen atoms in total. The maximum atomic E-state index is 5.29. The largest absolute Gasteiger partial charge is 0.440 e. The Balaban J connectivity index is 1.85. The number of H-pyrrole nitrogens is 1. The van der Waals surface area contributed by atoms with Crippen molar-refractivity contribution in [2.75, 3.05) is 0 Å². The zero-order chi connectivity index (χ0) is 11.7.